The summed E-state index contributed by atoms with van der Waals surface area (Å²) in [7, 11) is 1.85. The van der Waals surface area contributed by atoms with Crippen molar-refractivity contribution in [3.8, 4) is 5.75 Å². The van der Waals surface area contributed by atoms with Gasteiger partial charge in [-0.1, -0.05) is 48.5 Å². The Morgan fingerprint density at radius 3 is 2.09 bits per heavy atom. The number of benzene rings is 3. The van der Waals surface area contributed by atoms with Crippen molar-refractivity contribution in [2.24, 2.45) is 0 Å². The Labute approximate surface area is 194 Å². The average Bonchev–Trinajstić information content (AvgIpc) is 3.04. The van der Waals surface area contributed by atoms with Crippen LogP contribution in [0.5, 0.6) is 5.75 Å². The molecule has 168 valence electrons. The van der Waals surface area contributed by atoms with Gasteiger partial charge < -0.3 is 9.64 Å². The van der Waals surface area contributed by atoms with Gasteiger partial charge in [0.15, 0.2) is 0 Å². The Bertz CT molecular complexity index is 1190. The molecule has 3 aromatic carbocycles. The maximum absolute atomic E-state index is 13.7. The number of rotatable bonds is 7. The van der Waals surface area contributed by atoms with E-state index >= 15 is 0 Å². The third-order valence-electron chi connectivity index (χ3n) is 5.62. The van der Waals surface area contributed by atoms with E-state index in [1.165, 1.54) is 4.90 Å². The maximum atomic E-state index is 13.7. The molecule has 2 amide bonds. The molecular weight excluding hydrogens is 412 g/mol. The summed E-state index contributed by atoms with van der Waals surface area (Å²) in [4.78, 5) is 30.6. The third-order valence-corrected chi connectivity index (χ3v) is 5.62. The highest BCUT2D eigenvalue weighted by atomic mass is 16.5. The first-order valence-electron chi connectivity index (χ1n) is 11.1. The summed E-state index contributed by atoms with van der Waals surface area (Å²) in [5.41, 5.74) is 5.14. The summed E-state index contributed by atoms with van der Waals surface area (Å²) in [6.07, 6.45) is 0. The molecule has 4 rings (SSSR count). The minimum absolute atomic E-state index is 0.313. The van der Waals surface area contributed by atoms with Crippen LogP contribution in [0.3, 0.4) is 0 Å². The molecule has 1 aliphatic rings. The first kappa shape index (κ1) is 22.3. The summed E-state index contributed by atoms with van der Waals surface area (Å²) < 4.78 is 5.55. The normalized spacial score (nSPS) is 13.6. The van der Waals surface area contributed by atoms with Gasteiger partial charge in [-0.3, -0.25) is 9.59 Å². The van der Waals surface area contributed by atoms with Gasteiger partial charge in [0.05, 0.1) is 17.9 Å². The van der Waals surface area contributed by atoms with Gasteiger partial charge in [0.25, 0.3) is 11.8 Å². The number of hydrogen-bond donors (Lipinski definition) is 0. The Hall–Kier alpha value is -3.86. The van der Waals surface area contributed by atoms with Crippen LogP contribution in [0, 0.1) is 13.8 Å². The molecule has 0 radical (unpaired) electrons. The number of carbonyl (C=O) groups excluding carboxylic acids is 2. The van der Waals surface area contributed by atoms with E-state index in [1.54, 1.807) is 0 Å². The van der Waals surface area contributed by atoms with Gasteiger partial charge >= 0.3 is 0 Å². The summed E-state index contributed by atoms with van der Waals surface area (Å²) in [6.45, 7) is 6.92. The van der Waals surface area contributed by atoms with Crippen LogP contribution in [0.2, 0.25) is 0 Å². The zero-order valence-electron chi connectivity index (χ0n) is 19.5. The molecule has 5 nitrogen and oxygen atoms in total. The minimum atomic E-state index is -0.316. The van der Waals surface area contributed by atoms with Crippen molar-refractivity contribution in [2.45, 2.75) is 27.3 Å². The van der Waals surface area contributed by atoms with Crippen molar-refractivity contribution in [1.82, 2.24) is 4.90 Å². The zero-order chi connectivity index (χ0) is 23.5. The van der Waals surface area contributed by atoms with Gasteiger partial charge in [0, 0.05) is 13.6 Å². The number of likely N-dealkylation sites (N-methyl/N-ethyl adjacent to an activating group) is 1. The Balaban J connectivity index is 1.79. The zero-order valence-corrected chi connectivity index (χ0v) is 19.5. The lowest BCUT2D eigenvalue weighted by Crippen LogP contribution is -2.34. The Morgan fingerprint density at radius 1 is 0.848 bits per heavy atom. The summed E-state index contributed by atoms with van der Waals surface area (Å²) in [5.74, 6) is 0.0976. The molecule has 1 heterocycles. The van der Waals surface area contributed by atoms with E-state index < -0.39 is 0 Å². The second kappa shape index (κ2) is 9.33. The van der Waals surface area contributed by atoms with E-state index in [-0.39, 0.29) is 11.8 Å². The molecule has 33 heavy (non-hydrogen) atoms. The molecule has 0 N–H and O–H groups in total. The minimum Gasteiger partial charge on any atom is -0.494 e. The second-order valence-electron chi connectivity index (χ2n) is 8.31. The SMILES string of the molecule is CCOc1ccc(C2=C(N(C)Cc3ccccc3)C(=O)N(c3cc(C)cc(C)c3)C2=O)cc1. The van der Waals surface area contributed by atoms with Crippen LogP contribution in [0.15, 0.2) is 78.5 Å². The molecule has 0 fully saturated rings. The predicted octanol–water partition coefficient (Wildman–Crippen LogP) is 5.12. The van der Waals surface area contributed by atoms with Crippen molar-refractivity contribution in [2.75, 3.05) is 18.6 Å². The highest BCUT2D eigenvalue weighted by Gasteiger charge is 2.41. The number of ether oxygens (including phenoxy) is 1. The fraction of sp³-hybridized carbons (Fsp3) is 0.214. The maximum Gasteiger partial charge on any atom is 0.282 e. The average molecular weight is 441 g/mol. The number of aryl methyl sites for hydroxylation is 2. The number of amides is 2. The van der Waals surface area contributed by atoms with Gasteiger partial charge in [-0.25, -0.2) is 4.90 Å². The quantitative estimate of drug-likeness (QED) is 0.479. The number of hydrogen-bond acceptors (Lipinski definition) is 4. The summed E-state index contributed by atoms with van der Waals surface area (Å²) in [6, 6.07) is 23.0. The molecule has 0 aliphatic carbocycles. The topological polar surface area (TPSA) is 49.9 Å². The summed E-state index contributed by atoms with van der Waals surface area (Å²) in [5, 5.41) is 0. The van der Waals surface area contributed by atoms with Crippen LogP contribution < -0.4 is 9.64 Å². The van der Waals surface area contributed by atoms with Gasteiger partial charge in [0.1, 0.15) is 11.4 Å². The third kappa shape index (κ3) is 4.53. The lowest BCUT2D eigenvalue weighted by Gasteiger charge is -2.22. The highest BCUT2D eigenvalue weighted by Crippen LogP contribution is 2.36. The fourth-order valence-corrected chi connectivity index (χ4v) is 4.27. The van der Waals surface area contributed by atoms with Crippen molar-refractivity contribution in [3.63, 3.8) is 0 Å². The first-order chi connectivity index (χ1) is 15.9. The van der Waals surface area contributed by atoms with Crippen molar-refractivity contribution < 1.29 is 14.3 Å². The van der Waals surface area contributed by atoms with E-state index in [2.05, 4.69) is 0 Å². The molecule has 0 spiro atoms. The predicted molar refractivity (Wildman–Crippen MR) is 131 cm³/mol. The lowest BCUT2D eigenvalue weighted by atomic mass is 10.0. The highest BCUT2D eigenvalue weighted by molar-refractivity contribution is 6.45. The van der Waals surface area contributed by atoms with Gasteiger partial charge in [-0.15, -0.1) is 0 Å². The first-order valence-corrected chi connectivity index (χ1v) is 11.1. The molecule has 5 heteroatoms. The monoisotopic (exact) mass is 440 g/mol. The van der Waals surface area contributed by atoms with Crippen molar-refractivity contribution in [1.29, 1.82) is 0 Å². The molecular formula is C28H28N2O3. The molecule has 0 aromatic heterocycles. The van der Waals surface area contributed by atoms with Crippen LogP contribution in [0.25, 0.3) is 5.57 Å². The molecule has 0 saturated heterocycles. The van der Waals surface area contributed by atoms with Crippen molar-refractivity contribution >= 4 is 23.1 Å². The van der Waals surface area contributed by atoms with Crippen LogP contribution >= 0.6 is 0 Å². The Kier molecular flexibility index (Phi) is 6.31. The van der Waals surface area contributed by atoms with E-state index in [1.807, 2.05) is 106 Å². The van der Waals surface area contributed by atoms with E-state index in [9.17, 15) is 9.59 Å². The standard InChI is InChI=1S/C28H28N2O3/c1-5-33-24-13-11-22(12-14-24)25-26(29(4)18-21-9-7-6-8-10-21)28(32)30(27(25)31)23-16-19(2)15-20(3)17-23/h6-17H,5,18H2,1-4H3. The number of nitrogens with zero attached hydrogens (tertiary/aromatic N) is 2. The Morgan fingerprint density at radius 2 is 1.48 bits per heavy atom. The van der Waals surface area contributed by atoms with Crippen LogP contribution in [-0.2, 0) is 16.1 Å². The van der Waals surface area contributed by atoms with Crippen molar-refractivity contribution in [3.05, 3.63) is 101 Å². The van der Waals surface area contributed by atoms with E-state index in [0.717, 1.165) is 22.4 Å². The van der Waals surface area contributed by atoms with Crippen LogP contribution in [-0.4, -0.2) is 30.4 Å². The molecule has 3 aromatic rings. The molecule has 0 atom stereocenters. The number of imide groups is 1. The fourth-order valence-electron chi connectivity index (χ4n) is 4.27. The van der Waals surface area contributed by atoms with Gasteiger partial charge in [-0.05, 0) is 67.3 Å². The molecule has 0 unspecified atom stereocenters. The van der Waals surface area contributed by atoms with Gasteiger partial charge in [0.2, 0.25) is 0 Å². The largest absolute Gasteiger partial charge is 0.494 e. The lowest BCUT2D eigenvalue weighted by molar-refractivity contribution is -0.120. The van der Waals surface area contributed by atoms with E-state index in [4.69, 9.17) is 4.74 Å². The van der Waals surface area contributed by atoms with Crippen LogP contribution in [0.1, 0.15) is 29.2 Å². The molecule has 1 aliphatic heterocycles. The summed E-state index contributed by atoms with van der Waals surface area (Å²) >= 11 is 0. The molecule has 0 bridgehead atoms. The number of carbonyl (C=O) groups is 2. The van der Waals surface area contributed by atoms with Crippen LogP contribution in [0.4, 0.5) is 5.69 Å². The van der Waals surface area contributed by atoms with E-state index in [0.29, 0.717) is 35.7 Å². The number of anilines is 1. The smallest absolute Gasteiger partial charge is 0.282 e. The second-order valence-corrected chi connectivity index (χ2v) is 8.31. The van der Waals surface area contributed by atoms with Gasteiger partial charge in [-0.2, -0.15) is 0 Å². The molecule has 0 saturated carbocycles.